The lowest BCUT2D eigenvalue weighted by molar-refractivity contribution is 0.589. The van der Waals surface area contributed by atoms with Gasteiger partial charge >= 0.3 is 0 Å². The molecule has 0 aliphatic heterocycles. The second kappa shape index (κ2) is 9.63. The zero-order chi connectivity index (χ0) is 23.4. The maximum absolute atomic E-state index is 13.7. The average molecular weight is 459 g/mol. The molecule has 164 valence electrons. The first kappa shape index (κ1) is 22.2. The highest BCUT2D eigenvalue weighted by Gasteiger charge is 2.20. The summed E-state index contributed by atoms with van der Waals surface area (Å²) in [5, 5.41) is 4.37. The predicted octanol–water partition coefficient (Wildman–Crippen LogP) is 4.05. The Labute approximate surface area is 192 Å². The van der Waals surface area contributed by atoms with Crippen LogP contribution < -0.4 is 5.56 Å². The van der Waals surface area contributed by atoms with Crippen LogP contribution in [0, 0.1) is 18.2 Å². The molecule has 1 heterocycles. The minimum absolute atomic E-state index is 0.0683. The Morgan fingerprint density at radius 1 is 0.939 bits per heavy atom. The third-order valence-corrected chi connectivity index (χ3v) is 5.85. The number of hydrogen-bond donors (Lipinski definition) is 1. The first-order valence-corrected chi connectivity index (χ1v) is 11.4. The van der Waals surface area contributed by atoms with Crippen LogP contribution in [0.4, 0.5) is 4.39 Å². The quantitative estimate of drug-likeness (QED) is 0.350. The molecule has 1 atom stereocenters. The van der Waals surface area contributed by atoms with Gasteiger partial charge in [-0.1, -0.05) is 72.7 Å². The zero-order valence-electron chi connectivity index (χ0n) is 17.4. The van der Waals surface area contributed by atoms with Gasteiger partial charge < -0.3 is 0 Å². The molecule has 5 nitrogen and oxygen atoms in total. The number of halogens is 1. The van der Waals surface area contributed by atoms with Gasteiger partial charge in [-0.05, 0) is 34.4 Å². The molecule has 0 aliphatic rings. The zero-order valence-corrected chi connectivity index (χ0v) is 18.3. The lowest BCUT2D eigenvalue weighted by atomic mass is 9.96. The highest BCUT2D eigenvalue weighted by atomic mass is 32.2. The van der Waals surface area contributed by atoms with Crippen LogP contribution >= 0.6 is 0 Å². The van der Waals surface area contributed by atoms with Crippen molar-refractivity contribution in [2.75, 3.05) is 0 Å². The molecule has 0 spiro atoms. The van der Waals surface area contributed by atoms with E-state index in [0.717, 1.165) is 5.56 Å². The largest absolute Gasteiger partial charge is 0.276 e. The van der Waals surface area contributed by atoms with Crippen molar-refractivity contribution in [3.63, 3.8) is 0 Å². The summed E-state index contributed by atoms with van der Waals surface area (Å²) in [4.78, 5) is 13.7. The maximum Gasteiger partial charge on any atom is 0.276 e. The van der Waals surface area contributed by atoms with Crippen LogP contribution in [0.3, 0.4) is 0 Å². The fraction of sp³-hybridized carbons (Fsp3) is 0.0769. The second-order valence-electron chi connectivity index (χ2n) is 7.36. The van der Waals surface area contributed by atoms with E-state index < -0.39 is 28.1 Å². The summed E-state index contributed by atoms with van der Waals surface area (Å²) in [5.41, 5.74) is 3.00. The third-order valence-electron chi connectivity index (χ3n) is 5.23. The summed E-state index contributed by atoms with van der Waals surface area (Å²) >= 11 is 0. The van der Waals surface area contributed by atoms with Gasteiger partial charge in [0.2, 0.25) is 0 Å². The number of hydrogen-bond acceptors (Lipinski definition) is 4. The Balaban J connectivity index is 1.91. The van der Waals surface area contributed by atoms with E-state index in [0.29, 0.717) is 27.8 Å². The Hall–Kier alpha value is -4.02. The molecule has 0 bridgehead atoms. The van der Waals surface area contributed by atoms with Crippen LogP contribution in [-0.2, 0) is 16.5 Å². The molecule has 0 saturated heterocycles. The van der Waals surface area contributed by atoms with E-state index in [1.807, 2.05) is 30.3 Å². The summed E-state index contributed by atoms with van der Waals surface area (Å²) < 4.78 is 36.9. The van der Waals surface area contributed by atoms with Gasteiger partial charge in [-0.2, -0.15) is 5.10 Å². The van der Waals surface area contributed by atoms with Crippen LogP contribution in [0.5, 0.6) is 0 Å². The van der Waals surface area contributed by atoms with Gasteiger partial charge in [0.25, 0.3) is 5.56 Å². The molecule has 3 aromatic carbocycles. The van der Waals surface area contributed by atoms with Gasteiger partial charge in [0, 0.05) is 5.56 Å². The highest BCUT2D eigenvalue weighted by molar-refractivity contribution is 7.71. The fourth-order valence-electron chi connectivity index (χ4n) is 3.65. The predicted molar refractivity (Wildman–Crippen MR) is 127 cm³/mol. The third kappa shape index (κ3) is 4.76. The van der Waals surface area contributed by atoms with Gasteiger partial charge in [-0.25, -0.2) is 17.5 Å². The van der Waals surface area contributed by atoms with Crippen LogP contribution in [0.2, 0.25) is 0 Å². The smallest absolute Gasteiger partial charge is 0.267 e. The van der Waals surface area contributed by atoms with Crippen molar-refractivity contribution in [2.45, 2.75) is 11.8 Å². The van der Waals surface area contributed by atoms with Gasteiger partial charge in [0.05, 0.1) is 17.5 Å². The first-order valence-electron chi connectivity index (χ1n) is 10.1. The van der Waals surface area contributed by atoms with Crippen LogP contribution in [0.1, 0.15) is 17.2 Å². The minimum Gasteiger partial charge on any atom is -0.267 e. The van der Waals surface area contributed by atoms with Crippen molar-refractivity contribution in [1.29, 1.82) is 0 Å². The van der Waals surface area contributed by atoms with E-state index >= 15 is 0 Å². The summed E-state index contributed by atoms with van der Waals surface area (Å²) in [7, 11) is -2.55. The molecular formula is C26H19FN2O3S. The Kier molecular flexibility index (Phi) is 6.48. The van der Waals surface area contributed by atoms with E-state index in [4.69, 9.17) is 6.42 Å². The van der Waals surface area contributed by atoms with Crippen LogP contribution in [0.15, 0.2) is 89.9 Å². The lowest BCUT2D eigenvalue weighted by Crippen LogP contribution is -2.29. The summed E-state index contributed by atoms with van der Waals surface area (Å²) in [6.07, 6.45) is 7.32. The van der Waals surface area contributed by atoms with Crippen molar-refractivity contribution >= 4 is 10.7 Å². The fourth-order valence-corrected chi connectivity index (χ4v) is 4.16. The molecule has 33 heavy (non-hydrogen) atoms. The molecule has 1 aromatic heterocycles. The number of thiol groups is 1. The van der Waals surface area contributed by atoms with Gasteiger partial charge in [0.1, 0.15) is 22.6 Å². The van der Waals surface area contributed by atoms with Crippen molar-refractivity contribution in [2.24, 2.45) is 0 Å². The second-order valence-corrected chi connectivity index (χ2v) is 8.34. The number of rotatable bonds is 6. The molecule has 0 N–H and O–H groups in total. The maximum atomic E-state index is 13.7. The van der Waals surface area contributed by atoms with Gasteiger partial charge in [-0.3, -0.25) is 4.79 Å². The van der Waals surface area contributed by atoms with Crippen molar-refractivity contribution < 1.29 is 12.8 Å². The molecule has 4 rings (SSSR count). The Bertz CT molecular complexity index is 1450. The Morgan fingerprint density at radius 3 is 2.18 bits per heavy atom. The summed E-state index contributed by atoms with van der Waals surface area (Å²) in [6, 6.07) is 20.9. The molecule has 7 heteroatoms. The minimum atomic E-state index is -2.55. The Morgan fingerprint density at radius 2 is 1.58 bits per heavy atom. The van der Waals surface area contributed by atoms with E-state index in [2.05, 4.69) is 11.0 Å². The SMILES string of the molecule is C#CC(c1ccccc1)n1ncc(-c2ccc(C[SH](=O)=O)cc2)c(-c2ccc(F)cc2)c1=O. The monoisotopic (exact) mass is 458 g/mol. The molecule has 0 fully saturated rings. The topological polar surface area (TPSA) is 69.0 Å². The highest BCUT2D eigenvalue weighted by Crippen LogP contribution is 2.30. The first-order chi connectivity index (χ1) is 16.0. The molecule has 1 unspecified atom stereocenters. The van der Waals surface area contributed by atoms with E-state index in [9.17, 15) is 17.6 Å². The van der Waals surface area contributed by atoms with Crippen molar-refractivity contribution in [3.05, 3.63) is 112 Å². The molecular weight excluding hydrogens is 439 g/mol. The molecule has 4 aromatic rings. The average Bonchev–Trinajstić information content (AvgIpc) is 2.82. The number of terminal acetylenes is 1. The number of benzene rings is 3. The van der Waals surface area contributed by atoms with E-state index in [1.54, 1.807) is 30.5 Å². The summed E-state index contributed by atoms with van der Waals surface area (Å²) in [6.45, 7) is 0. The molecule has 0 saturated carbocycles. The van der Waals surface area contributed by atoms with Crippen LogP contribution in [0.25, 0.3) is 22.3 Å². The molecule has 0 aliphatic carbocycles. The van der Waals surface area contributed by atoms with Gasteiger partial charge in [-0.15, -0.1) is 6.42 Å². The van der Waals surface area contributed by atoms with Crippen molar-refractivity contribution in [3.8, 4) is 34.6 Å². The summed E-state index contributed by atoms with van der Waals surface area (Å²) in [5.74, 6) is 2.14. The normalized spacial score (nSPS) is 11.8. The lowest BCUT2D eigenvalue weighted by Gasteiger charge is -2.17. The number of aromatic nitrogens is 2. The number of nitrogens with zero attached hydrogens (tertiary/aromatic N) is 2. The van der Waals surface area contributed by atoms with Crippen molar-refractivity contribution in [1.82, 2.24) is 9.78 Å². The van der Waals surface area contributed by atoms with Crippen LogP contribution in [-0.4, -0.2) is 18.2 Å². The molecule has 0 amide bonds. The van der Waals surface area contributed by atoms with E-state index in [-0.39, 0.29) is 5.75 Å². The molecule has 0 radical (unpaired) electrons. The standard InChI is InChI=1S/C26H19FN2O3S/c1-2-24(20-6-4-3-5-7-20)29-26(30)25(21-12-14-22(27)15-13-21)23(16-28-29)19-10-8-18(9-11-19)17-33(31)32/h1,3-16,24,33H,17H2. The van der Waals surface area contributed by atoms with E-state index in [1.165, 1.54) is 28.9 Å². The van der Waals surface area contributed by atoms with Gasteiger partial charge in [0.15, 0.2) is 0 Å².